The van der Waals surface area contributed by atoms with Gasteiger partial charge in [-0.15, -0.1) is 0 Å². The number of aryl methyl sites for hydroxylation is 1. The largest absolute Gasteiger partial charge is 0.506 e. The van der Waals surface area contributed by atoms with Crippen molar-refractivity contribution < 1.29 is 23.4 Å². The predicted octanol–water partition coefficient (Wildman–Crippen LogP) is 9.02. The molecule has 2 atom stereocenters. The monoisotopic (exact) mass is 590 g/mol. The molecule has 0 saturated carbocycles. The van der Waals surface area contributed by atoms with Crippen LogP contribution in [-0.4, -0.2) is 21.6 Å². The zero-order chi connectivity index (χ0) is 31.0. The molecular formula is C37H32F2N2O3. The number of halogens is 2. The molecule has 0 bridgehead atoms. The average molecular weight is 591 g/mol. The van der Waals surface area contributed by atoms with E-state index >= 15 is 8.78 Å². The normalized spacial score (nSPS) is 21.8. The van der Waals surface area contributed by atoms with Gasteiger partial charge in [-0.2, -0.15) is 0 Å². The molecular weight excluding hydrogens is 558 g/mol. The number of phenols is 1. The summed E-state index contributed by atoms with van der Waals surface area (Å²) < 4.78 is 43.2. The van der Waals surface area contributed by atoms with Crippen LogP contribution in [0.3, 0.4) is 0 Å². The van der Waals surface area contributed by atoms with Gasteiger partial charge in [-0.05, 0) is 98.0 Å². The summed E-state index contributed by atoms with van der Waals surface area (Å²) in [5, 5.41) is 11.3. The summed E-state index contributed by atoms with van der Waals surface area (Å²) in [6.07, 6.45) is 0.812. The summed E-state index contributed by atoms with van der Waals surface area (Å²) in [4.78, 5) is 9.73. The van der Waals surface area contributed by atoms with Crippen molar-refractivity contribution in [3.8, 4) is 28.5 Å². The fourth-order valence-electron chi connectivity index (χ4n) is 6.88. The molecule has 0 unspecified atom stereocenters. The van der Waals surface area contributed by atoms with Crippen LogP contribution < -0.4 is 4.74 Å². The fraction of sp³-hybridized carbons (Fsp3) is 0.243. The van der Waals surface area contributed by atoms with E-state index in [0.29, 0.717) is 17.0 Å². The van der Waals surface area contributed by atoms with Gasteiger partial charge in [-0.1, -0.05) is 44.2 Å². The number of pyridine rings is 1. The highest BCUT2D eigenvalue weighted by molar-refractivity contribution is 5.98. The summed E-state index contributed by atoms with van der Waals surface area (Å²) >= 11 is 0. The molecule has 44 heavy (non-hydrogen) atoms. The third-order valence-electron chi connectivity index (χ3n) is 9.54. The Morgan fingerprint density at radius 1 is 0.841 bits per heavy atom. The minimum atomic E-state index is -0.712. The minimum absolute atomic E-state index is 0.0361. The van der Waals surface area contributed by atoms with Crippen molar-refractivity contribution in [3.05, 3.63) is 119 Å². The molecule has 1 aliphatic carbocycles. The van der Waals surface area contributed by atoms with Gasteiger partial charge in [-0.25, -0.2) is 18.8 Å². The Bertz CT molecular complexity index is 2000. The highest BCUT2D eigenvalue weighted by Gasteiger charge is 2.64. The second kappa shape index (κ2) is 9.61. The van der Waals surface area contributed by atoms with Crippen LogP contribution in [0.4, 0.5) is 8.78 Å². The number of benzene rings is 4. The molecule has 1 aromatic heterocycles. The lowest BCUT2D eigenvalue weighted by Crippen LogP contribution is -2.59. The van der Waals surface area contributed by atoms with Gasteiger partial charge in [0.1, 0.15) is 39.8 Å². The number of rotatable bonds is 4. The van der Waals surface area contributed by atoms with E-state index in [1.165, 1.54) is 23.8 Å². The first-order valence-corrected chi connectivity index (χ1v) is 14.6. The number of ether oxygens (including phenoxy) is 2. The Hall–Kier alpha value is -4.78. The highest BCUT2D eigenvalue weighted by atomic mass is 19.1. The lowest BCUT2D eigenvalue weighted by molar-refractivity contribution is -0.0809. The standard InChI is InChI=1S/C37H32F2N2O3/c1-21-15-22-13-14-31(40-33(22)30(42)16-21)43-26-18-24(32-28(38)11-8-12-29(32)39)17-25(19-26)34-41-36(4)27-10-7-6-9-23(27)20-35(2,3)37(36,5)44-34/h6-19,42H,20H2,1-5H3/t36-,37+/m0/s1. The van der Waals surface area contributed by atoms with E-state index in [0.717, 1.165) is 22.9 Å². The van der Waals surface area contributed by atoms with Crippen molar-refractivity contribution in [2.75, 3.05) is 0 Å². The summed E-state index contributed by atoms with van der Waals surface area (Å²) in [7, 11) is 0. The molecule has 4 aromatic carbocycles. The predicted molar refractivity (Wildman–Crippen MR) is 167 cm³/mol. The first-order chi connectivity index (χ1) is 20.9. The molecule has 1 N–H and O–H groups in total. The summed E-state index contributed by atoms with van der Waals surface area (Å²) in [6.45, 7) is 10.4. The summed E-state index contributed by atoms with van der Waals surface area (Å²) in [5.41, 5.74) is 2.50. The van der Waals surface area contributed by atoms with Crippen LogP contribution in [0.1, 0.15) is 49.9 Å². The van der Waals surface area contributed by atoms with Crippen LogP contribution in [-0.2, 0) is 16.7 Å². The zero-order valence-corrected chi connectivity index (χ0v) is 25.2. The molecule has 0 radical (unpaired) electrons. The van der Waals surface area contributed by atoms with Gasteiger partial charge in [-0.3, -0.25) is 0 Å². The van der Waals surface area contributed by atoms with Gasteiger partial charge < -0.3 is 14.6 Å². The molecule has 222 valence electrons. The molecule has 0 fully saturated rings. The van der Waals surface area contributed by atoms with Crippen molar-refractivity contribution in [1.29, 1.82) is 0 Å². The molecule has 5 nitrogen and oxygen atoms in total. The van der Waals surface area contributed by atoms with Crippen LogP contribution in [0.2, 0.25) is 0 Å². The molecule has 2 heterocycles. The van der Waals surface area contributed by atoms with Crippen LogP contribution in [0.25, 0.3) is 22.0 Å². The van der Waals surface area contributed by atoms with E-state index in [1.807, 2.05) is 31.2 Å². The van der Waals surface area contributed by atoms with Gasteiger partial charge in [0, 0.05) is 22.4 Å². The van der Waals surface area contributed by atoms with Crippen LogP contribution in [0.5, 0.6) is 17.4 Å². The number of nitrogens with zero attached hydrogens (tertiary/aromatic N) is 2. The molecule has 5 aromatic rings. The SMILES string of the molecule is Cc1cc(O)c2nc(Oc3cc(C4=N[C@@]5(C)c6ccccc6CC(C)(C)[C@@]5(C)O4)cc(-c4c(F)cccc4F)c3)ccc2c1. The lowest BCUT2D eigenvalue weighted by Gasteiger charge is -2.53. The quantitative estimate of drug-likeness (QED) is 0.227. The van der Waals surface area contributed by atoms with Crippen LogP contribution >= 0.6 is 0 Å². The Morgan fingerprint density at radius 2 is 1.57 bits per heavy atom. The maximum atomic E-state index is 15.1. The van der Waals surface area contributed by atoms with E-state index in [-0.39, 0.29) is 33.9 Å². The first-order valence-electron chi connectivity index (χ1n) is 14.6. The van der Waals surface area contributed by atoms with Crippen LogP contribution in [0.15, 0.2) is 89.9 Å². The minimum Gasteiger partial charge on any atom is -0.506 e. The van der Waals surface area contributed by atoms with Gasteiger partial charge in [0.05, 0.1) is 5.56 Å². The number of aromatic hydroxyl groups is 1. The zero-order valence-electron chi connectivity index (χ0n) is 25.2. The summed E-state index contributed by atoms with van der Waals surface area (Å²) in [6, 6.07) is 24.1. The van der Waals surface area contributed by atoms with E-state index in [9.17, 15) is 5.11 Å². The first kappa shape index (κ1) is 28.0. The molecule has 7 rings (SSSR count). The number of aromatic nitrogens is 1. The van der Waals surface area contributed by atoms with E-state index < -0.39 is 22.8 Å². The maximum absolute atomic E-state index is 15.1. The van der Waals surface area contributed by atoms with Crippen molar-refractivity contribution in [2.24, 2.45) is 10.4 Å². The number of aliphatic imine (C=N–C) groups is 1. The van der Waals surface area contributed by atoms with Gasteiger partial charge in [0.25, 0.3) is 0 Å². The van der Waals surface area contributed by atoms with Crippen molar-refractivity contribution in [1.82, 2.24) is 4.98 Å². The highest BCUT2D eigenvalue weighted by Crippen LogP contribution is 2.59. The fourth-order valence-corrected chi connectivity index (χ4v) is 6.88. The number of hydrogen-bond acceptors (Lipinski definition) is 5. The third kappa shape index (κ3) is 4.17. The second-order valence-corrected chi connectivity index (χ2v) is 12.8. The third-order valence-corrected chi connectivity index (χ3v) is 9.54. The topological polar surface area (TPSA) is 63.9 Å². The number of phenolic OH excluding ortho intramolecular Hbond substituents is 1. The Morgan fingerprint density at radius 3 is 2.34 bits per heavy atom. The molecule has 2 aliphatic rings. The Balaban J connectivity index is 1.39. The number of hydrogen-bond donors (Lipinski definition) is 1. The van der Waals surface area contributed by atoms with Gasteiger partial charge >= 0.3 is 0 Å². The number of fused-ring (bicyclic) bond motifs is 4. The molecule has 7 heteroatoms. The smallest absolute Gasteiger partial charge is 0.219 e. The van der Waals surface area contributed by atoms with Gasteiger partial charge in [0.15, 0.2) is 0 Å². The summed E-state index contributed by atoms with van der Waals surface area (Å²) in [5.74, 6) is -0.499. The molecule has 0 saturated heterocycles. The molecule has 0 amide bonds. The Kier molecular flexibility index (Phi) is 6.12. The van der Waals surface area contributed by atoms with Crippen LogP contribution in [0, 0.1) is 24.0 Å². The van der Waals surface area contributed by atoms with Gasteiger partial charge in [0.2, 0.25) is 11.8 Å². The maximum Gasteiger partial charge on any atom is 0.219 e. The van der Waals surface area contributed by atoms with E-state index in [4.69, 9.17) is 14.5 Å². The Labute approximate surface area is 254 Å². The molecule has 1 aliphatic heterocycles. The van der Waals surface area contributed by atoms with Crippen molar-refractivity contribution in [2.45, 2.75) is 52.2 Å². The molecule has 0 spiro atoms. The second-order valence-electron chi connectivity index (χ2n) is 12.8. The van der Waals surface area contributed by atoms with Crippen molar-refractivity contribution in [3.63, 3.8) is 0 Å². The average Bonchev–Trinajstić information content (AvgIpc) is 3.26. The van der Waals surface area contributed by atoms with E-state index in [1.54, 1.807) is 30.3 Å². The lowest BCUT2D eigenvalue weighted by atomic mass is 9.56. The van der Waals surface area contributed by atoms with Crippen molar-refractivity contribution >= 4 is 16.8 Å². The van der Waals surface area contributed by atoms with E-state index in [2.05, 4.69) is 44.8 Å².